The molecule has 36 heavy (non-hydrogen) atoms. The number of carbonyl (C=O) groups is 4. The van der Waals surface area contributed by atoms with Gasteiger partial charge in [-0.2, -0.15) is 0 Å². The highest BCUT2D eigenvalue weighted by Gasteiger charge is 2.32. The second-order valence-electron chi connectivity index (χ2n) is 7.20. The van der Waals surface area contributed by atoms with Gasteiger partial charge < -0.3 is 38.6 Å². The van der Waals surface area contributed by atoms with Gasteiger partial charge in [0.1, 0.15) is 0 Å². The van der Waals surface area contributed by atoms with E-state index in [1.807, 2.05) is 0 Å². The Hall–Kier alpha value is -2.60. The van der Waals surface area contributed by atoms with Crippen LogP contribution in [0.3, 0.4) is 0 Å². The lowest BCUT2D eigenvalue weighted by molar-refractivity contribution is -0.198. The number of amides is 3. The van der Waals surface area contributed by atoms with Crippen LogP contribution in [0.5, 0.6) is 0 Å². The van der Waals surface area contributed by atoms with Crippen LogP contribution < -0.4 is 5.32 Å². The van der Waals surface area contributed by atoms with E-state index in [2.05, 4.69) is 11.2 Å². The van der Waals surface area contributed by atoms with Gasteiger partial charge >= 0.3 is 5.97 Å². The Bertz CT molecular complexity index is 680. The van der Waals surface area contributed by atoms with Gasteiger partial charge in [0.25, 0.3) is 11.8 Å². The lowest BCUT2D eigenvalue weighted by Gasteiger charge is -2.12. The van der Waals surface area contributed by atoms with E-state index in [0.29, 0.717) is 77.7 Å². The van der Waals surface area contributed by atoms with Crippen LogP contribution in [-0.4, -0.2) is 115 Å². The first kappa shape index (κ1) is 31.4. The fourth-order valence-electron chi connectivity index (χ4n) is 2.58. The molecule has 0 spiro atoms. The third-order valence-corrected chi connectivity index (χ3v) is 4.34. The van der Waals surface area contributed by atoms with Crippen LogP contribution in [0.4, 0.5) is 0 Å². The monoisotopic (exact) mass is 516 g/mol. The summed E-state index contributed by atoms with van der Waals surface area (Å²) in [4.78, 5) is 50.1. The fourth-order valence-corrected chi connectivity index (χ4v) is 2.58. The van der Waals surface area contributed by atoms with Crippen LogP contribution in [0.2, 0.25) is 0 Å². The Kier molecular flexibility index (Phi) is 18.9. The number of nitrogens with one attached hydrogen (secondary N) is 1. The Morgan fingerprint density at radius 2 is 1.14 bits per heavy atom. The van der Waals surface area contributed by atoms with Gasteiger partial charge in [-0.3, -0.25) is 14.4 Å². The molecule has 3 amide bonds. The second-order valence-corrected chi connectivity index (χ2v) is 7.20. The number of hydrogen-bond acceptors (Lipinski definition) is 11. The number of nitrogens with zero attached hydrogens (tertiary/aromatic N) is 1. The molecule has 13 nitrogen and oxygen atoms in total. The lowest BCUT2D eigenvalue weighted by Crippen LogP contribution is -2.32. The number of hydrogen-bond donors (Lipinski definition) is 1. The van der Waals surface area contributed by atoms with E-state index >= 15 is 0 Å². The zero-order chi connectivity index (χ0) is 26.3. The maximum atomic E-state index is 11.6. The van der Waals surface area contributed by atoms with Gasteiger partial charge in [-0.25, -0.2) is 4.79 Å². The van der Waals surface area contributed by atoms with E-state index < -0.39 is 17.8 Å². The summed E-state index contributed by atoms with van der Waals surface area (Å²) in [6.07, 6.45) is 5.14. The van der Waals surface area contributed by atoms with Crippen molar-refractivity contribution in [1.29, 1.82) is 0 Å². The summed E-state index contributed by atoms with van der Waals surface area (Å²) in [5, 5.41) is 3.14. The molecule has 0 aromatic heterocycles. The molecule has 204 valence electrons. The van der Waals surface area contributed by atoms with Crippen LogP contribution in [0.15, 0.2) is 0 Å². The van der Waals surface area contributed by atoms with Crippen molar-refractivity contribution < 1.29 is 52.4 Å². The quantitative estimate of drug-likeness (QED) is 0.104. The molecule has 1 heterocycles. The van der Waals surface area contributed by atoms with Gasteiger partial charge in [-0.1, -0.05) is 5.92 Å². The highest BCUT2D eigenvalue weighted by Crippen LogP contribution is 2.12. The highest BCUT2D eigenvalue weighted by molar-refractivity contribution is 6.01. The Balaban J connectivity index is 1.73. The molecule has 1 rings (SSSR count). The molecule has 13 heteroatoms. The smallest absolute Gasteiger partial charge is 0.335 e. The van der Waals surface area contributed by atoms with Crippen molar-refractivity contribution in [2.75, 3.05) is 85.8 Å². The van der Waals surface area contributed by atoms with Crippen molar-refractivity contribution in [2.24, 2.45) is 0 Å². The van der Waals surface area contributed by atoms with Gasteiger partial charge in [0, 0.05) is 19.4 Å². The number of rotatable bonds is 23. The molecule has 0 aromatic rings. The molecule has 1 aliphatic rings. The Labute approximate surface area is 210 Å². The molecule has 0 unspecified atom stereocenters. The number of terminal acetylenes is 1. The van der Waals surface area contributed by atoms with Gasteiger partial charge in [0.2, 0.25) is 5.91 Å². The summed E-state index contributed by atoms with van der Waals surface area (Å²) >= 11 is 0. The number of carbonyl (C=O) groups excluding carboxylic acids is 4. The Morgan fingerprint density at radius 3 is 1.58 bits per heavy atom. The van der Waals surface area contributed by atoms with Crippen LogP contribution in [0.1, 0.15) is 25.7 Å². The molecule has 0 atom stereocenters. The van der Waals surface area contributed by atoms with E-state index in [-0.39, 0.29) is 44.8 Å². The maximum absolute atomic E-state index is 11.6. The van der Waals surface area contributed by atoms with Crippen LogP contribution in [0, 0.1) is 12.3 Å². The van der Waals surface area contributed by atoms with Crippen LogP contribution in [0.25, 0.3) is 0 Å². The number of ether oxygens (including phenoxy) is 6. The second kappa shape index (κ2) is 21.7. The first-order valence-electron chi connectivity index (χ1n) is 11.8. The van der Waals surface area contributed by atoms with Crippen LogP contribution in [-0.2, 0) is 52.4 Å². The summed E-state index contributed by atoms with van der Waals surface area (Å²) in [6.45, 7) is 4.92. The van der Waals surface area contributed by atoms with Crippen molar-refractivity contribution in [3.8, 4) is 12.3 Å². The third kappa shape index (κ3) is 16.9. The van der Waals surface area contributed by atoms with E-state index in [0.717, 1.165) is 0 Å². The largest absolute Gasteiger partial charge is 0.378 e. The fraction of sp³-hybridized carbons (Fsp3) is 0.739. The molecule has 0 aliphatic carbocycles. The highest BCUT2D eigenvalue weighted by atomic mass is 16.7. The summed E-state index contributed by atoms with van der Waals surface area (Å²) < 4.78 is 32.0. The van der Waals surface area contributed by atoms with E-state index in [9.17, 15) is 19.2 Å². The molecular weight excluding hydrogens is 480 g/mol. The number of hydroxylamine groups is 2. The Morgan fingerprint density at radius 1 is 0.722 bits per heavy atom. The standard InChI is InChI=1S/C23H36N2O11/c1-2-3-20(26)24-7-9-31-11-13-33-15-17-35-19-18-34-16-14-32-12-10-30-8-6-23(29)36-25-21(27)4-5-22(25)28/h1H,3-19H2,(H,24,26). The van der Waals surface area contributed by atoms with E-state index in [1.165, 1.54) is 0 Å². The van der Waals surface area contributed by atoms with Gasteiger partial charge in [-0.15, -0.1) is 11.5 Å². The average Bonchev–Trinajstić information content (AvgIpc) is 3.17. The van der Waals surface area contributed by atoms with E-state index in [4.69, 9.17) is 39.7 Å². The molecule has 0 aromatic carbocycles. The SMILES string of the molecule is C#CCC(=O)NCCOCCOCCOCCOCCOCCOCCC(=O)ON1C(=O)CCC1=O. The van der Waals surface area contributed by atoms with Crippen molar-refractivity contribution in [2.45, 2.75) is 25.7 Å². The summed E-state index contributed by atoms with van der Waals surface area (Å²) in [6, 6.07) is 0. The summed E-state index contributed by atoms with van der Waals surface area (Å²) in [7, 11) is 0. The van der Waals surface area contributed by atoms with Gasteiger partial charge in [-0.05, 0) is 0 Å². The molecule has 1 N–H and O–H groups in total. The van der Waals surface area contributed by atoms with Gasteiger partial charge in [0.05, 0.1) is 92.1 Å². The molecule has 0 bridgehead atoms. The van der Waals surface area contributed by atoms with Crippen molar-refractivity contribution >= 4 is 23.7 Å². The molecule has 1 aliphatic heterocycles. The molecule has 0 radical (unpaired) electrons. The molecule has 1 fully saturated rings. The lowest BCUT2D eigenvalue weighted by atomic mass is 10.4. The topological polar surface area (TPSA) is 148 Å². The molecular formula is C23H36N2O11. The average molecular weight is 517 g/mol. The minimum Gasteiger partial charge on any atom is -0.378 e. The zero-order valence-electron chi connectivity index (χ0n) is 20.5. The predicted molar refractivity (Wildman–Crippen MR) is 123 cm³/mol. The van der Waals surface area contributed by atoms with E-state index in [1.54, 1.807) is 0 Å². The summed E-state index contributed by atoms with van der Waals surface area (Å²) in [5.74, 6) is 0.347. The van der Waals surface area contributed by atoms with Crippen LogP contribution >= 0.6 is 0 Å². The van der Waals surface area contributed by atoms with Gasteiger partial charge in [0.15, 0.2) is 0 Å². The minimum atomic E-state index is -0.702. The predicted octanol–water partition coefficient (Wildman–Crippen LogP) is -0.777. The first-order valence-corrected chi connectivity index (χ1v) is 11.8. The van der Waals surface area contributed by atoms with Crippen molar-refractivity contribution in [3.63, 3.8) is 0 Å². The number of imide groups is 1. The first-order chi connectivity index (χ1) is 17.5. The summed E-state index contributed by atoms with van der Waals surface area (Å²) in [5.41, 5.74) is 0. The third-order valence-electron chi connectivity index (χ3n) is 4.34. The molecule has 1 saturated heterocycles. The zero-order valence-corrected chi connectivity index (χ0v) is 20.5. The molecule has 0 saturated carbocycles. The van der Waals surface area contributed by atoms with Crippen molar-refractivity contribution in [1.82, 2.24) is 10.4 Å². The maximum Gasteiger partial charge on any atom is 0.335 e. The normalized spacial score (nSPS) is 13.1. The van der Waals surface area contributed by atoms with Crippen molar-refractivity contribution in [3.05, 3.63) is 0 Å². The minimum absolute atomic E-state index is 0.0586.